The summed E-state index contributed by atoms with van der Waals surface area (Å²) >= 11 is 0. The summed E-state index contributed by atoms with van der Waals surface area (Å²) < 4.78 is 23.5. The van der Waals surface area contributed by atoms with Crippen LogP contribution in [-0.4, -0.2) is 19.3 Å². The second-order valence-electron chi connectivity index (χ2n) is 3.34. The third-order valence-corrected chi connectivity index (χ3v) is 1.95. The predicted octanol–water partition coefficient (Wildman–Crippen LogP) is 2.50. The Morgan fingerprint density at radius 1 is 1.50 bits per heavy atom. The molecule has 0 aliphatic carbocycles. The highest BCUT2D eigenvalue weighted by Crippen LogP contribution is 2.19. The van der Waals surface area contributed by atoms with Crippen LogP contribution in [0.15, 0.2) is 18.2 Å². The van der Waals surface area contributed by atoms with Gasteiger partial charge in [-0.15, -0.1) is 0 Å². The maximum absolute atomic E-state index is 12.8. The summed E-state index contributed by atoms with van der Waals surface area (Å²) in [4.78, 5) is 0. The van der Waals surface area contributed by atoms with Crippen molar-refractivity contribution in [1.82, 2.24) is 0 Å². The third-order valence-electron chi connectivity index (χ3n) is 1.95. The van der Waals surface area contributed by atoms with Crippen LogP contribution >= 0.6 is 0 Å². The fraction of sp³-hybridized carbons (Fsp3) is 0.417. The van der Waals surface area contributed by atoms with Gasteiger partial charge in [0.1, 0.15) is 23.7 Å². The van der Waals surface area contributed by atoms with E-state index < -0.39 is 5.82 Å². The lowest BCUT2D eigenvalue weighted by Crippen LogP contribution is -2.19. The van der Waals surface area contributed by atoms with Gasteiger partial charge in [-0.1, -0.05) is 0 Å². The van der Waals surface area contributed by atoms with Crippen molar-refractivity contribution in [3.05, 3.63) is 29.6 Å². The van der Waals surface area contributed by atoms with Gasteiger partial charge in [-0.2, -0.15) is 5.26 Å². The number of ether oxygens (including phenoxy) is 2. The van der Waals surface area contributed by atoms with Gasteiger partial charge in [-0.05, 0) is 32.0 Å². The molecule has 0 fully saturated rings. The minimum absolute atomic E-state index is 0.169. The summed E-state index contributed by atoms with van der Waals surface area (Å²) in [5.41, 5.74) is 0.198. The monoisotopic (exact) mass is 223 g/mol. The van der Waals surface area contributed by atoms with Crippen LogP contribution in [0.4, 0.5) is 4.39 Å². The van der Waals surface area contributed by atoms with E-state index in [9.17, 15) is 4.39 Å². The number of nitriles is 1. The Balaban J connectivity index is 2.70. The molecule has 4 heteroatoms. The lowest BCUT2D eigenvalue weighted by atomic mass is 10.2. The van der Waals surface area contributed by atoms with Crippen molar-refractivity contribution in [3.8, 4) is 11.8 Å². The molecule has 0 amide bonds. The second kappa shape index (κ2) is 6.09. The Bertz CT molecular complexity index is 387. The van der Waals surface area contributed by atoms with E-state index in [0.717, 1.165) is 6.07 Å². The minimum atomic E-state index is -0.443. The van der Waals surface area contributed by atoms with E-state index >= 15 is 0 Å². The van der Waals surface area contributed by atoms with Crippen molar-refractivity contribution in [2.75, 3.05) is 13.2 Å². The highest BCUT2D eigenvalue weighted by Gasteiger charge is 2.09. The molecule has 1 atom stereocenters. The van der Waals surface area contributed by atoms with E-state index in [1.54, 1.807) is 0 Å². The molecule has 1 aromatic carbocycles. The minimum Gasteiger partial charge on any atom is -0.487 e. The zero-order valence-electron chi connectivity index (χ0n) is 9.37. The summed E-state index contributed by atoms with van der Waals surface area (Å²) in [7, 11) is 0. The predicted molar refractivity (Wildman–Crippen MR) is 57.7 cm³/mol. The molecule has 0 aromatic heterocycles. The fourth-order valence-corrected chi connectivity index (χ4v) is 1.23. The quantitative estimate of drug-likeness (QED) is 0.770. The molecule has 0 aliphatic heterocycles. The summed E-state index contributed by atoms with van der Waals surface area (Å²) in [5.74, 6) is -0.0579. The Morgan fingerprint density at radius 2 is 2.25 bits per heavy atom. The van der Waals surface area contributed by atoms with Crippen molar-refractivity contribution in [3.63, 3.8) is 0 Å². The van der Waals surface area contributed by atoms with E-state index in [0.29, 0.717) is 19.0 Å². The van der Waals surface area contributed by atoms with Crippen molar-refractivity contribution in [2.45, 2.75) is 20.0 Å². The van der Waals surface area contributed by atoms with Gasteiger partial charge in [-0.3, -0.25) is 0 Å². The van der Waals surface area contributed by atoms with Crippen LogP contribution in [-0.2, 0) is 4.74 Å². The first-order valence-corrected chi connectivity index (χ1v) is 5.11. The van der Waals surface area contributed by atoms with Crippen LogP contribution in [0.25, 0.3) is 0 Å². The Morgan fingerprint density at radius 3 is 2.88 bits per heavy atom. The molecule has 3 nitrogen and oxygen atoms in total. The van der Waals surface area contributed by atoms with Gasteiger partial charge in [-0.25, -0.2) is 4.39 Å². The van der Waals surface area contributed by atoms with E-state index in [2.05, 4.69) is 0 Å². The zero-order valence-corrected chi connectivity index (χ0v) is 9.37. The lowest BCUT2D eigenvalue weighted by Gasteiger charge is -2.15. The molecule has 16 heavy (non-hydrogen) atoms. The third kappa shape index (κ3) is 3.52. The number of rotatable bonds is 5. The molecular formula is C12H14FNO2. The Labute approximate surface area is 94.4 Å². The van der Waals surface area contributed by atoms with Crippen LogP contribution < -0.4 is 4.74 Å². The van der Waals surface area contributed by atoms with E-state index in [-0.39, 0.29) is 11.7 Å². The lowest BCUT2D eigenvalue weighted by molar-refractivity contribution is 0.0655. The summed E-state index contributed by atoms with van der Waals surface area (Å²) in [6.45, 7) is 4.78. The topological polar surface area (TPSA) is 42.2 Å². The Kier molecular flexibility index (Phi) is 4.74. The van der Waals surface area contributed by atoms with E-state index in [4.69, 9.17) is 14.7 Å². The van der Waals surface area contributed by atoms with Gasteiger partial charge in [0.05, 0.1) is 12.2 Å². The molecular weight excluding hydrogens is 209 g/mol. The molecule has 1 aromatic rings. The first kappa shape index (κ1) is 12.5. The molecule has 1 unspecified atom stereocenters. The maximum Gasteiger partial charge on any atom is 0.137 e. The van der Waals surface area contributed by atoms with Crippen LogP contribution in [0.3, 0.4) is 0 Å². The Hall–Kier alpha value is -1.60. The first-order chi connectivity index (χ1) is 7.67. The number of hydrogen-bond acceptors (Lipinski definition) is 3. The molecule has 0 heterocycles. The molecule has 0 saturated heterocycles. The van der Waals surface area contributed by atoms with Crippen LogP contribution in [0.2, 0.25) is 0 Å². The molecule has 0 N–H and O–H groups in total. The summed E-state index contributed by atoms with van der Waals surface area (Å²) in [5, 5.41) is 8.80. The van der Waals surface area contributed by atoms with Crippen LogP contribution in [0.1, 0.15) is 19.4 Å². The van der Waals surface area contributed by atoms with Crippen molar-refractivity contribution in [1.29, 1.82) is 5.26 Å². The molecule has 86 valence electrons. The highest BCUT2D eigenvalue weighted by molar-refractivity contribution is 5.43. The SMILES string of the molecule is CCOCC(C)Oc1ccc(F)cc1C#N. The molecule has 0 saturated carbocycles. The number of benzene rings is 1. The summed E-state index contributed by atoms with van der Waals surface area (Å²) in [6.07, 6.45) is -0.169. The van der Waals surface area contributed by atoms with Crippen LogP contribution in [0.5, 0.6) is 5.75 Å². The van der Waals surface area contributed by atoms with Crippen molar-refractivity contribution < 1.29 is 13.9 Å². The number of nitrogens with zero attached hydrogens (tertiary/aromatic N) is 1. The normalized spacial score (nSPS) is 11.9. The fourth-order valence-electron chi connectivity index (χ4n) is 1.23. The van der Waals surface area contributed by atoms with Gasteiger partial charge in [0.15, 0.2) is 0 Å². The van der Waals surface area contributed by atoms with Gasteiger partial charge < -0.3 is 9.47 Å². The van der Waals surface area contributed by atoms with E-state index in [1.165, 1.54) is 12.1 Å². The van der Waals surface area contributed by atoms with E-state index in [1.807, 2.05) is 19.9 Å². The first-order valence-electron chi connectivity index (χ1n) is 5.11. The standard InChI is InChI=1S/C12H14FNO2/c1-3-15-8-9(2)16-12-5-4-11(13)6-10(12)7-14/h4-6,9H,3,8H2,1-2H3. The smallest absolute Gasteiger partial charge is 0.137 e. The van der Waals surface area contributed by atoms with Gasteiger partial charge in [0, 0.05) is 6.61 Å². The summed E-state index contributed by atoms with van der Waals surface area (Å²) in [6, 6.07) is 5.77. The largest absolute Gasteiger partial charge is 0.487 e. The maximum atomic E-state index is 12.8. The number of halogens is 1. The molecule has 0 bridgehead atoms. The van der Waals surface area contributed by atoms with Crippen LogP contribution in [0, 0.1) is 17.1 Å². The van der Waals surface area contributed by atoms with Gasteiger partial charge in [0.2, 0.25) is 0 Å². The highest BCUT2D eigenvalue weighted by atomic mass is 19.1. The average Bonchev–Trinajstić information content (AvgIpc) is 2.28. The van der Waals surface area contributed by atoms with Crippen molar-refractivity contribution in [2.24, 2.45) is 0 Å². The second-order valence-corrected chi connectivity index (χ2v) is 3.34. The average molecular weight is 223 g/mol. The van der Waals surface area contributed by atoms with Crippen molar-refractivity contribution >= 4 is 0 Å². The molecule has 0 spiro atoms. The molecule has 0 radical (unpaired) electrons. The molecule has 0 aliphatic rings. The van der Waals surface area contributed by atoms with Gasteiger partial charge in [0.25, 0.3) is 0 Å². The van der Waals surface area contributed by atoms with Gasteiger partial charge >= 0.3 is 0 Å². The zero-order chi connectivity index (χ0) is 12.0. The number of hydrogen-bond donors (Lipinski definition) is 0. The molecule has 1 rings (SSSR count).